The number of nitrogens with one attached hydrogen (secondary N) is 1. The summed E-state index contributed by atoms with van der Waals surface area (Å²) < 4.78 is 23.3. The van der Waals surface area contributed by atoms with Crippen LogP contribution in [0.25, 0.3) is 0 Å². The van der Waals surface area contributed by atoms with Gasteiger partial charge in [0, 0.05) is 11.7 Å². The van der Waals surface area contributed by atoms with Crippen LogP contribution in [0.2, 0.25) is 0 Å². The fourth-order valence-electron chi connectivity index (χ4n) is 3.11. The average Bonchev–Trinajstić information content (AvgIpc) is 2.95. The Bertz CT molecular complexity index is 887. The van der Waals surface area contributed by atoms with Crippen molar-refractivity contribution in [1.29, 1.82) is 0 Å². The molecule has 1 aromatic carbocycles. The molecular weight excluding hydrogens is 352 g/mol. The number of nitrogens with two attached hydrogens (primary N) is 1. The quantitative estimate of drug-likeness (QED) is 0.777. The van der Waals surface area contributed by atoms with Crippen LogP contribution in [0, 0.1) is 0 Å². The maximum atomic E-state index is 11.7. The Kier molecular flexibility index (Phi) is 5.38. The van der Waals surface area contributed by atoms with Crippen LogP contribution >= 0.6 is 0 Å². The number of anilines is 3. The second kappa shape index (κ2) is 7.55. The van der Waals surface area contributed by atoms with Crippen molar-refractivity contribution < 1.29 is 8.42 Å². The monoisotopic (exact) mass is 376 g/mol. The number of hydrogen-bond acceptors (Lipinski definition) is 8. The lowest BCUT2D eigenvalue weighted by Gasteiger charge is -2.22. The first kappa shape index (κ1) is 18.5. The molecule has 1 aliphatic rings. The summed E-state index contributed by atoms with van der Waals surface area (Å²) in [5.41, 5.74) is 7.93. The molecule has 0 spiro atoms. The van der Waals surface area contributed by atoms with E-state index in [2.05, 4.69) is 27.2 Å². The summed E-state index contributed by atoms with van der Waals surface area (Å²) >= 11 is 0. The van der Waals surface area contributed by atoms with Gasteiger partial charge in [-0.1, -0.05) is 25.1 Å². The van der Waals surface area contributed by atoms with Gasteiger partial charge in [-0.15, -0.1) is 0 Å². The number of para-hydroxylation sites is 1. The minimum atomic E-state index is -2.93. The lowest BCUT2D eigenvalue weighted by molar-refractivity contribution is 0.248. The Morgan fingerprint density at radius 1 is 1.27 bits per heavy atom. The molecule has 2 aromatic rings. The first-order chi connectivity index (χ1) is 12.4. The molecule has 9 heteroatoms. The lowest BCUT2D eigenvalue weighted by atomic mass is 10.1. The third kappa shape index (κ3) is 4.47. The minimum absolute atomic E-state index is 0.0183. The van der Waals surface area contributed by atoms with E-state index < -0.39 is 9.84 Å². The molecule has 3 N–H and O–H groups in total. The molecule has 1 saturated heterocycles. The lowest BCUT2D eigenvalue weighted by Crippen LogP contribution is -2.33. The van der Waals surface area contributed by atoms with Crippen molar-refractivity contribution in [1.82, 2.24) is 19.9 Å². The molecule has 0 aliphatic carbocycles. The molecule has 1 fully saturated rings. The van der Waals surface area contributed by atoms with E-state index in [4.69, 9.17) is 5.73 Å². The number of aromatic nitrogens is 3. The number of nitrogens with zero attached hydrogens (tertiary/aromatic N) is 4. The molecule has 0 unspecified atom stereocenters. The Labute approximate surface area is 153 Å². The van der Waals surface area contributed by atoms with Crippen molar-refractivity contribution in [3.8, 4) is 0 Å². The highest BCUT2D eigenvalue weighted by molar-refractivity contribution is 7.91. The van der Waals surface area contributed by atoms with Crippen molar-refractivity contribution >= 4 is 27.4 Å². The van der Waals surface area contributed by atoms with E-state index in [0.29, 0.717) is 24.7 Å². The Morgan fingerprint density at radius 2 is 2.04 bits per heavy atom. The van der Waals surface area contributed by atoms with E-state index in [-0.39, 0.29) is 23.5 Å². The standard InChI is InChI=1S/C17H24N6O2S/c1-3-12-6-4-5-7-14(12)19-17-21-15(20-16(18)22-17)10-23(2)13-8-9-26(24,25)11-13/h4-7,13H,3,8-11H2,1-2H3,(H3,18,19,20,21,22)/t13-/m1/s1. The van der Waals surface area contributed by atoms with Crippen LogP contribution in [0.4, 0.5) is 17.6 Å². The van der Waals surface area contributed by atoms with Crippen LogP contribution in [-0.2, 0) is 22.8 Å². The summed E-state index contributed by atoms with van der Waals surface area (Å²) in [6.45, 7) is 2.50. The summed E-state index contributed by atoms with van der Waals surface area (Å²) in [6, 6.07) is 7.93. The molecule has 1 aliphatic heterocycles. The van der Waals surface area contributed by atoms with E-state index in [1.54, 1.807) is 0 Å². The van der Waals surface area contributed by atoms with E-state index in [9.17, 15) is 8.42 Å². The highest BCUT2D eigenvalue weighted by atomic mass is 32.2. The van der Waals surface area contributed by atoms with E-state index >= 15 is 0 Å². The zero-order valence-corrected chi connectivity index (χ0v) is 15.8. The van der Waals surface area contributed by atoms with Gasteiger partial charge in [-0.3, -0.25) is 4.90 Å². The number of nitrogen functional groups attached to an aromatic ring is 1. The number of benzene rings is 1. The van der Waals surface area contributed by atoms with Crippen LogP contribution in [0.15, 0.2) is 24.3 Å². The number of aryl methyl sites for hydroxylation is 1. The Hall–Kier alpha value is -2.26. The zero-order valence-electron chi connectivity index (χ0n) is 15.0. The van der Waals surface area contributed by atoms with Crippen LogP contribution in [0.3, 0.4) is 0 Å². The molecular formula is C17H24N6O2S. The first-order valence-electron chi connectivity index (χ1n) is 8.62. The van der Waals surface area contributed by atoms with Gasteiger partial charge in [-0.05, 0) is 31.5 Å². The zero-order chi connectivity index (χ0) is 18.7. The van der Waals surface area contributed by atoms with Crippen molar-refractivity contribution in [2.45, 2.75) is 32.4 Å². The SMILES string of the molecule is CCc1ccccc1Nc1nc(N)nc(CN(C)[C@@H]2CCS(=O)(=O)C2)n1. The molecule has 2 heterocycles. The largest absolute Gasteiger partial charge is 0.368 e. The molecule has 8 nitrogen and oxygen atoms in total. The summed E-state index contributed by atoms with van der Waals surface area (Å²) in [7, 11) is -1.05. The Balaban J connectivity index is 1.75. The molecule has 3 rings (SSSR count). The van der Waals surface area contributed by atoms with Gasteiger partial charge in [0.2, 0.25) is 11.9 Å². The second-order valence-electron chi connectivity index (χ2n) is 6.54. The maximum Gasteiger partial charge on any atom is 0.232 e. The van der Waals surface area contributed by atoms with E-state index in [0.717, 1.165) is 17.7 Å². The summed E-state index contributed by atoms with van der Waals surface area (Å²) in [6.07, 6.45) is 1.52. The fourth-order valence-corrected chi connectivity index (χ4v) is 4.92. The van der Waals surface area contributed by atoms with Crippen LogP contribution in [0.5, 0.6) is 0 Å². The number of sulfone groups is 1. The van der Waals surface area contributed by atoms with Crippen LogP contribution in [0.1, 0.15) is 24.7 Å². The predicted octanol–water partition coefficient (Wildman–Crippen LogP) is 1.38. The van der Waals surface area contributed by atoms with Crippen LogP contribution in [-0.4, -0.2) is 52.9 Å². The van der Waals surface area contributed by atoms with E-state index in [1.165, 1.54) is 0 Å². The van der Waals surface area contributed by atoms with Crippen molar-refractivity contribution in [3.05, 3.63) is 35.7 Å². The maximum absolute atomic E-state index is 11.7. The van der Waals surface area contributed by atoms with Gasteiger partial charge in [-0.2, -0.15) is 15.0 Å². The van der Waals surface area contributed by atoms with E-state index in [1.807, 2.05) is 36.2 Å². The summed E-state index contributed by atoms with van der Waals surface area (Å²) in [4.78, 5) is 14.8. The molecule has 0 radical (unpaired) electrons. The van der Waals surface area contributed by atoms with Crippen LogP contribution < -0.4 is 11.1 Å². The normalized spacial score (nSPS) is 19.0. The molecule has 1 aromatic heterocycles. The number of rotatable bonds is 6. The molecule has 0 bridgehead atoms. The first-order valence-corrected chi connectivity index (χ1v) is 10.4. The van der Waals surface area contributed by atoms with Crippen molar-refractivity contribution in [2.75, 3.05) is 29.6 Å². The highest BCUT2D eigenvalue weighted by Crippen LogP contribution is 2.21. The minimum Gasteiger partial charge on any atom is -0.368 e. The van der Waals surface area contributed by atoms with Gasteiger partial charge in [0.1, 0.15) is 5.82 Å². The number of hydrogen-bond donors (Lipinski definition) is 2. The van der Waals surface area contributed by atoms with Gasteiger partial charge in [0.15, 0.2) is 9.84 Å². The Morgan fingerprint density at radius 3 is 2.73 bits per heavy atom. The molecule has 26 heavy (non-hydrogen) atoms. The van der Waals surface area contributed by atoms with Gasteiger partial charge < -0.3 is 11.1 Å². The third-order valence-corrected chi connectivity index (χ3v) is 6.32. The molecule has 1 atom stereocenters. The molecule has 140 valence electrons. The highest BCUT2D eigenvalue weighted by Gasteiger charge is 2.30. The smallest absolute Gasteiger partial charge is 0.232 e. The van der Waals surface area contributed by atoms with Crippen molar-refractivity contribution in [3.63, 3.8) is 0 Å². The van der Waals surface area contributed by atoms with Gasteiger partial charge in [0.25, 0.3) is 0 Å². The van der Waals surface area contributed by atoms with Gasteiger partial charge in [0.05, 0.1) is 18.1 Å². The second-order valence-corrected chi connectivity index (χ2v) is 8.77. The molecule has 0 amide bonds. The topological polar surface area (TPSA) is 114 Å². The van der Waals surface area contributed by atoms with Crippen molar-refractivity contribution in [2.24, 2.45) is 0 Å². The average molecular weight is 376 g/mol. The summed E-state index contributed by atoms with van der Waals surface area (Å²) in [5, 5.41) is 3.20. The van der Waals surface area contributed by atoms with Gasteiger partial charge in [-0.25, -0.2) is 8.42 Å². The predicted molar refractivity (Wildman–Crippen MR) is 102 cm³/mol. The third-order valence-electron chi connectivity index (χ3n) is 4.57. The fraction of sp³-hybridized carbons (Fsp3) is 0.471. The van der Waals surface area contributed by atoms with Gasteiger partial charge >= 0.3 is 0 Å². The summed E-state index contributed by atoms with van der Waals surface area (Å²) in [5.74, 6) is 1.46. The molecule has 0 saturated carbocycles.